The van der Waals surface area contributed by atoms with E-state index >= 15 is 0 Å². The highest BCUT2D eigenvalue weighted by molar-refractivity contribution is 5.70. The highest BCUT2D eigenvalue weighted by Crippen LogP contribution is 2.17. The monoisotopic (exact) mass is 1130 g/mol. The molecule has 0 fully saturated rings. The van der Waals surface area contributed by atoms with Gasteiger partial charge in [0.2, 0.25) is 0 Å². The summed E-state index contributed by atoms with van der Waals surface area (Å²) in [5, 5.41) is 9.70. The SMILES string of the molecule is CC/C=C\C/C=C\C/C=C\C/C=C\C/C=C\C/C=C\CCCCCCCCCCCCCCCCCCCCCCCCC(=O)OC(CO)COC(=O)CCCCCCCCCC/C=C\C/C=C\C/C=C\C/C=C\C/C=C\C/C=C\CC. The van der Waals surface area contributed by atoms with Gasteiger partial charge in [0, 0.05) is 12.8 Å². The molecule has 1 unspecified atom stereocenters. The van der Waals surface area contributed by atoms with E-state index in [1.165, 1.54) is 161 Å². The molecule has 0 rings (SSSR count). The number of rotatable bonds is 62. The molecule has 0 saturated heterocycles. The molecule has 0 spiro atoms. The van der Waals surface area contributed by atoms with Crippen molar-refractivity contribution >= 4 is 11.9 Å². The lowest BCUT2D eigenvalue weighted by Gasteiger charge is -2.15. The molecule has 5 nitrogen and oxygen atoms in total. The largest absolute Gasteiger partial charge is 0.462 e. The molecule has 0 bridgehead atoms. The van der Waals surface area contributed by atoms with Crippen LogP contribution in [-0.2, 0) is 19.1 Å². The second-order valence-electron chi connectivity index (χ2n) is 22.5. The lowest BCUT2D eigenvalue weighted by Crippen LogP contribution is -2.28. The minimum Gasteiger partial charge on any atom is -0.462 e. The highest BCUT2D eigenvalue weighted by atomic mass is 16.6. The van der Waals surface area contributed by atoms with Crippen LogP contribution in [0.25, 0.3) is 0 Å². The topological polar surface area (TPSA) is 72.8 Å². The first-order valence-corrected chi connectivity index (χ1v) is 34.4. The van der Waals surface area contributed by atoms with Gasteiger partial charge in [-0.25, -0.2) is 0 Å². The summed E-state index contributed by atoms with van der Waals surface area (Å²) in [7, 11) is 0. The Balaban J connectivity index is 3.48. The molecule has 466 valence electrons. The minimum atomic E-state index is -0.784. The zero-order valence-electron chi connectivity index (χ0n) is 53.5. The zero-order valence-corrected chi connectivity index (χ0v) is 53.5. The number of ether oxygens (including phenoxy) is 2. The fourth-order valence-electron chi connectivity index (χ4n) is 9.57. The molecule has 0 aliphatic rings. The van der Waals surface area contributed by atoms with Crippen molar-refractivity contribution in [1.82, 2.24) is 0 Å². The van der Waals surface area contributed by atoms with E-state index < -0.39 is 6.10 Å². The van der Waals surface area contributed by atoms with Gasteiger partial charge < -0.3 is 14.6 Å². The number of carbonyl (C=O) groups excluding carboxylic acids is 2. The van der Waals surface area contributed by atoms with Crippen LogP contribution in [0.3, 0.4) is 0 Å². The molecule has 0 amide bonds. The van der Waals surface area contributed by atoms with Crippen molar-refractivity contribution in [2.75, 3.05) is 13.2 Å². The number of aliphatic hydroxyl groups is 1. The van der Waals surface area contributed by atoms with Crippen LogP contribution in [-0.4, -0.2) is 36.4 Å². The van der Waals surface area contributed by atoms with E-state index in [0.717, 1.165) is 122 Å². The van der Waals surface area contributed by atoms with E-state index in [0.29, 0.717) is 12.8 Å². The molecule has 0 aliphatic heterocycles. The Labute approximate surface area is 508 Å². The maximum atomic E-state index is 12.4. The fourth-order valence-corrected chi connectivity index (χ4v) is 9.57. The van der Waals surface area contributed by atoms with Gasteiger partial charge in [0.15, 0.2) is 6.10 Å². The van der Waals surface area contributed by atoms with Crippen molar-refractivity contribution in [3.63, 3.8) is 0 Å². The van der Waals surface area contributed by atoms with Gasteiger partial charge in [-0.3, -0.25) is 9.59 Å². The molecule has 1 N–H and O–H groups in total. The Morgan fingerprint density at radius 3 is 0.732 bits per heavy atom. The summed E-state index contributed by atoms with van der Waals surface area (Å²) in [6, 6.07) is 0. The lowest BCUT2D eigenvalue weighted by atomic mass is 10.0. The van der Waals surface area contributed by atoms with Crippen LogP contribution in [0.2, 0.25) is 0 Å². The van der Waals surface area contributed by atoms with Crippen LogP contribution in [0.1, 0.15) is 309 Å². The Hall–Kier alpha value is -4.22. The normalized spacial score (nSPS) is 13.2. The van der Waals surface area contributed by atoms with Crippen LogP contribution >= 0.6 is 0 Å². The predicted octanol–water partition coefficient (Wildman–Crippen LogP) is 24.1. The summed E-state index contributed by atoms with van der Waals surface area (Å²) in [6.07, 6.45) is 107. The summed E-state index contributed by atoms with van der Waals surface area (Å²) in [5.41, 5.74) is 0. The third-order valence-corrected chi connectivity index (χ3v) is 14.6. The van der Waals surface area contributed by atoms with Gasteiger partial charge in [-0.05, 0) is 116 Å². The van der Waals surface area contributed by atoms with Crippen molar-refractivity contribution in [3.8, 4) is 0 Å². The number of carbonyl (C=O) groups is 2. The first-order chi connectivity index (χ1) is 40.6. The second-order valence-corrected chi connectivity index (χ2v) is 22.5. The summed E-state index contributed by atoms with van der Waals surface area (Å²) in [5.74, 6) is -0.596. The summed E-state index contributed by atoms with van der Waals surface area (Å²) >= 11 is 0. The molecule has 0 aromatic heterocycles. The van der Waals surface area contributed by atoms with Gasteiger partial charge in [-0.15, -0.1) is 0 Å². The number of esters is 2. The number of allylic oxidation sites excluding steroid dienone is 24. The molecule has 0 radical (unpaired) electrons. The van der Waals surface area contributed by atoms with Crippen molar-refractivity contribution in [3.05, 3.63) is 146 Å². The second kappa shape index (κ2) is 71.0. The van der Waals surface area contributed by atoms with E-state index in [-0.39, 0.29) is 25.2 Å². The number of hydrogen-bond donors (Lipinski definition) is 1. The van der Waals surface area contributed by atoms with Crippen LogP contribution in [0.15, 0.2) is 146 Å². The molecule has 0 aromatic rings. The first kappa shape index (κ1) is 77.8. The standard InChI is InChI=1S/C77H128O5/c1-3-5-7-9-11-13-15-17-19-21-23-25-27-29-31-32-33-34-35-36-37-38-39-40-41-42-43-44-46-48-50-52-54-56-58-60-62-64-66-68-70-72-77(80)82-75(73-78)74-81-76(79)71-69-67-65-63-61-59-57-55-53-51-49-47-45-30-28-26-24-22-20-18-16-14-12-10-8-6-4-2/h5-8,11-14,17-20,23-26,29-31,33-34,45,49,51,75,78H,3-4,9-10,15-16,21-22,27-28,32,35-44,46-48,50,52-74H2,1-2H3/b7-5-,8-6-,13-11-,14-12-,19-17-,20-18-,25-23-,26-24-,31-29-,34-33-,45-30-,51-49-. The van der Waals surface area contributed by atoms with Crippen molar-refractivity contribution in [2.24, 2.45) is 0 Å². The van der Waals surface area contributed by atoms with Gasteiger partial charge in [-0.2, -0.15) is 0 Å². The third-order valence-electron chi connectivity index (χ3n) is 14.6. The quantitative estimate of drug-likeness (QED) is 0.0373. The highest BCUT2D eigenvalue weighted by Gasteiger charge is 2.16. The maximum absolute atomic E-state index is 12.4. The van der Waals surface area contributed by atoms with Crippen molar-refractivity contribution < 1.29 is 24.2 Å². The van der Waals surface area contributed by atoms with Crippen LogP contribution in [0.5, 0.6) is 0 Å². The molecule has 0 aliphatic carbocycles. The number of unbranched alkanes of at least 4 members (excludes halogenated alkanes) is 30. The van der Waals surface area contributed by atoms with E-state index in [9.17, 15) is 14.7 Å². The Bertz CT molecular complexity index is 1710. The summed E-state index contributed by atoms with van der Waals surface area (Å²) in [4.78, 5) is 24.6. The van der Waals surface area contributed by atoms with Crippen LogP contribution < -0.4 is 0 Å². The van der Waals surface area contributed by atoms with E-state index in [2.05, 4.69) is 160 Å². The van der Waals surface area contributed by atoms with Gasteiger partial charge in [-0.1, -0.05) is 327 Å². The van der Waals surface area contributed by atoms with Gasteiger partial charge in [0.25, 0.3) is 0 Å². The Kier molecular flexibility index (Phi) is 67.4. The van der Waals surface area contributed by atoms with Crippen molar-refractivity contribution in [2.45, 2.75) is 315 Å². The number of aliphatic hydroxyl groups excluding tert-OH is 1. The molecule has 5 heteroatoms. The summed E-state index contributed by atoms with van der Waals surface area (Å²) in [6.45, 7) is 3.92. The predicted molar refractivity (Wildman–Crippen MR) is 361 cm³/mol. The van der Waals surface area contributed by atoms with E-state index in [1.54, 1.807) is 0 Å². The molecular weight excluding hydrogens is 1000 g/mol. The minimum absolute atomic E-state index is 0.0747. The van der Waals surface area contributed by atoms with Gasteiger partial charge in [0.1, 0.15) is 6.61 Å². The Morgan fingerprint density at radius 2 is 0.488 bits per heavy atom. The molecular formula is C77H128O5. The van der Waals surface area contributed by atoms with Crippen LogP contribution in [0.4, 0.5) is 0 Å². The van der Waals surface area contributed by atoms with E-state index in [1.807, 2.05) is 0 Å². The molecule has 82 heavy (non-hydrogen) atoms. The molecule has 0 saturated carbocycles. The van der Waals surface area contributed by atoms with Gasteiger partial charge in [0.05, 0.1) is 6.61 Å². The summed E-state index contributed by atoms with van der Waals surface area (Å²) < 4.78 is 10.7. The van der Waals surface area contributed by atoms with E-state index in [4.69, 9.17) is 9.47 Å². The third kappa shape index (κ3) is 68.3. The smallest absolute Gasteiger partial charge is 0.306 e. The lowest BCUT2D eigenvalue weighted by molar-refractivity contribution is -0.161. The van der Waals surface area contributed by atoms with Crippen molar-refractivity contribution in [1.29, 1.82) is 0 Å². The van der Waals surface area contributed by atoms with Gasteiger partial charge >= 0.3 is 11.9 Å². The molecule has 0 heterocycles. The number of hydrogen-bond acceptors (Lipinski definition) is 5. The van der Waals surface area contributed by atoms with Crippen LogP contribution in [0, 0.1) is 0 Å². The molecule has 1 atom stereocenters. The Morgan fingerprint density at radius 1 is 0.280 bits per heavy atom. The first-order valence-electron chi connectivity index (χ1n) is 34.4. The maximum Gasteiger partial charge on any atom is 0.306 e. The molecule has 0 aromatic carbocycles. The fraction of sp³-hybridized carbons (Fsp3) is 0.662. The average Bonchev–Trinajstić information content (AvgIpc) is 3.49. The average molecular weight is 1130 g/mol. The zero-order chi connectivity index (χ0) is 59.1.